The molecule has 1 aliphatic heterocycles. The third-order valence-electron chi connectivity index (χ3n) is 7.58. The minimum Gasteiger partial charge on any atom is -0.306 e. The highest BCUT2D eigenvalue weighted by Gasteiger charge is 2.27. The van der Waals surface area contributed by atoms with Crippen LogP contribution < -0.4 is 0 Å². The maximum Gasteiger partial charge on any atom is 0.174 e. The summed E-state index contributed by atoms with van der Waals surface area (Å²) in [6, 6.07) is 6.55. The largest absolute Gasteiger partial charge is 0.306 e. The van der Waals surface area contributed by atoms with Crippen LogP contribution in [0.25, 0.3) is 17.3 Å². The molecule has 0 bridgehead atoms. The topological polar surface area (TPSA) is 59.0 Å². The maximum atomic E-state index is 12.8. The number of Topliss-reactive ketones (excluding diaryl/α,β-unsaturated/α-hetero) is 1. The van der Waals surface area contributed by atoms with Crippen molar-refractivity contribution in [3.05, 3.63) is 68.6 Å². The van der Waals surface area contributed by atoms with E-state index in [1.54, 1.807) is 12.5 Å². The van der Waals surface area contributed by atoms with Gasteiger partial charge in [-0.15, -0.1) is 11.3 Å². The summed E-state index contributed by atoms with van der Waals surface area (Å²) >= 11 is 1.53. The Kier molecular flexibility index (Phi) is 6.92. The number of nitrogens with zero attached hydrogens (tertiary/aromatic N) is 4. The van der Waals surface area contributed by atoms with E-state index in [-0.39, 0.29) is 11.2 Å². The van der Waals surface area contributed by atoms with Crippen LogP contribution in [-0.2, 0) is 18.3 Å². The van der Waals surface area contributed by atoms with E-state index in [0.717, 1.165) is 39.7 Å². The van der Waals surface area contributed by atoms with Gasteiger partial charge in [-0.05, 0) is 81.9 Å². The SMILES string of the molecule is Cc1cc(-c2ncnc3c2CC(C2CCN(C)CC2)=C3)ccc1CCC(=O)c1cnc(C(C)(C)C)s1. The van der Waals surface area contributed by atoms with Crippen LogP contribution in [0.15, 0.2) is 36.3 Å². The van der Waals surface area contributed by atoms with Gasteiger partial charge < -0.3 is 4.90 Å². The highest BCUT2D eigenvalue weighted by atomic mass is 32.1. The molecule has 3 aromatic rings. The summed E-state index contributed by atoms with van der Waals surface area (Å²) in [5.41, 5.74) is 8.43. The summed E-state index contributed by atoms with van der Waals surface area (Å²) in [6.45, 7) is 10.9. The van der Waals surface area contributed by atoms with Crippen molar-refractivity contribution in [3.63, 3.8) is 0 Å². The number of likely N-dealkylation sites (tertiary alicyclic amines) is 1. The number of benzene rings is 1. The fourth-order valence-corrected chi connectivity index (χ4v) is 6.23. The van der Waals surface area contributed by atoms with Gasteiger partial charge in [-0.2, -0.15) is 0 Å². The minimum absolute atomic E-state index is 0.0276. The highest BCUT2D eigenvalue weighted by molar-refractivity contribution is 7.13. The van der Waals surface area contributed by atoms with Gasteiger partial charge >= 0.3 is 0 Å². The van der Waals surface area contributed by atoms with Crippen LogP contribution >= 0.6 is 11.3 Å². The van der Waals surface area contributed by atoms with Crippen LogP contribution in [0.4, 0.5) is 0 Å². The third kappa shape index (κ3) is 5.21. The van der Waals surface area contributed by atoms with Crippen molar-refractivity contribution < 1.29 is 4.79 Å². The summed E-state index contributed by atoms with van der Waals surface area (Å²) in [7, 11) is 2.21. The number of hydrogen-bond donors (Lipinski definition) is 0. The monoisotopic (exact) mass is 500 g/mol. The molecule has 5 nitrogen and oxygen atoms in total. The number of aromatic nitrogens is 3. The molecule has 2 aliphatic rings. The number of rotatable bonds is 6. The molecule has 0 spiro atoms. The zero-order chi connectivity index (χ0) is 25.4. The Morgan fingerprint density at radius 1 is 1.14 bits per heavy atom. The molecule has 1 aromatic carbocycles. The van der Waals surface area contributed by atoms with E-state index in [0.29, 0.717) is 12.3 Å². The van der Waals surface area contributed by atoms with E-state index in [1.165, 1.54) is 59.5 Å². The van der Waals surface area contributed by atoms with Gasteiger partial charge in [-0.3, -0.25) is 4.79 Å². The van der Waals surface area contributed by atoms with Crippen molar-refractivity contribution in [1.82, 2.24) is 19.9 Å². The number of allylic oxidation sites excluding steroid dienone is 1. The maximum absolute atomic E-state index is 12.8. The number of ketones is 1. The molecule has 1 aliphatic carbocycles. The van der Waals surface area contributed by atoms with Crippen LogP contribution in [0.3, 0.4) is 0 Å². The molecule has 5 rings (SSSR count). The van der Waals surface area contributed by atoms with E-state index in [4.69, 9.17) is 4.98 Å². The molecule has 1 saturated heterocycles. The summed E-state index contributed by atoms with van der Waals surface area (Å²) < 4.78 is 0. The fraction of sp³-hybridized carbons (Fsp3) is 0.467. The lowest BCUT2D eigenvalue weighted by atomic mass is 9.88. The average Bonchev–Trinajstić information content (AvgIpc) is 3.51. The summed E-state index contributed by atoms with van der Waals surface area (Å²) in [6.07, 6.45) is 10.4. The fourth-order valence-electron chi connectivity index (χ4n) is 5.29. The Bertz CT molecular complexity index is 1310. The molecule has 0 radical (unpaired) electrons. The van der Waals surface area contributed by atoms with Crippen LogP contribution in [0.1, 0.15) is 77.1 Å². The van der Waals surface area contributed by atoms with Crippen LogP contribution in [0.5, 0.6) is 0 Å². The number of thiazole rings is 1. The summed E-state index contributed by atoms with van der Waals surface area (Å²) in [5, 5.41) is 1.01. The van der Waals surface area contributed by atoms with Gasteiger partial charge in [0.2, 0.25) is 0 Å². The van der Waals surface area contributed by atoms with Gasteiger partial charge in [0.05, 0.1) is 21.3 Å². The van der Waals surface area contributed by atoms with Gasteiger partial charge in [0, 0.05) is 29.2 Å². The molecule has 0 unspecified atom stereocenters. The van der Waals surface area contributed by atoms with Gasteiger partial charge in [0.1, 0.15) is 6.33 Å². The van der Waals surface area contributed by atoms with Crippen molar-refractivity contribution >= 4 is 23.2 Å². The lowest BCUT2D eigenvalue weighted by molar-refractivity contribution is 0.0986. The molecule has 0 atom stereocenters. The second-order valence-corrected chi connectivity index (χ2v) is 12.4. The van der Waals surface area contributed by atoms with E-state index in [9.17, 15) is 4.79 Å². The predicted octanol–water partition coefficient (Wildman–Crippen LogP) is 6.30. The van der Waals surface area contributed by atoms with E-state index >= 15 is 0 Å². The van der Waals surface area contributed by atoms with E-state index in [2.05, 4.69) is 73.9 Å². The summed E-state index contributed by atoms with van der Waals surface area (Å²) in [4.78, 5) is 29.8. The van der Waals surface area contributed by atoms with Crippen LogP contribution in [-0.4, -0.2) is 45.8 Å². The lowest BCUT2D eigenvalue weighted by Crippen LogP contribution is -2.30. The number of fused-ring (bicyclic) bond motifs is 1. The number of aryl methyl sites for hydroxylation is 2. The highest BCUT2D eigenvalue weighted by Crippen LogP contribution is 2.37. The standard InChI is InChI=1S/C30H36N4OS/c1-19-14-22(7-6-20(19)8-9-26(35)27-17-31-29(36-27)30(2,3)4)28-24-15-23(16-25(24)32-18-33-28)21-10-12-34(5)13-11-21/h6-7,14,16-18,21H,8-13,15H2,1-5H3. The number of piperidine rings is 1. The predicted molar refractivity (Wildman–Crippen MR) is 148 cm³/mol. The van der Waals surface area contributed by atoms with E-state index in [1.807, 2.05) is 0 Å². The number of hydrogen-bond acceptors (Lipinski definition) is 6. The van der Waals surface area contributed by atoms with Crippen molar-refractivity contribution in [1.29, 1.82) is 0 Å². The molecular weight excluding hydrogens is 464 g/mol. The second-order valence-electron chi connectivity index (χ2n) is 11.4. The lowest BCUT2D eigenvalue weighted by Gasteiger charge is -2.29. The first kappa shape index (κ1) is 25.0. The molecular formula is C30H36N4OS. The van der Waals surface area contributed by atoms with Gasteiger partial charge in [-0.25, -0.2) is 15.0 Å². The first-order chi connectivity index (χ1) is 17.2. The molecule has 0 N–H and O–H groups in total. The molecule has 2 aromatic heterocycles. The van der Waals surface area contributed by atoms with Crippen LogP contribution in [0.2, 0.25) is 0 Å². The smallest absolute Gasteiger partial charge is 0.174 e. The van der Waals surface area contributed by atoms with Crippen LogP contribution in [0, 0.1) is 12.8 Å². The normalized spacial score (nSPS) is 16.8. The quantitative estimate of drug-likeness (QED) is 0.372. The molecule has 6 heteroatoms. The molecule has 188 valence electrons. The average molecular weight is 501 g/mol. The Morgan fingerprint density at radius 2 is 1.92 bits per heavy atom. The molecule has 0 saturated carbocycles. The van der Waals surface area contributed by atoms with Crippen molar-refractivity contribution in [2.75, 3.05) is 20.1 Å². The minimum atomic E-state index is -0.0276. The van der Waals surface area contributed by atoms with Crippen molar-refractivity contribution in [3.8, 4) is 11.3 Å². The van der Waals surface area contributed by atoms with Gasteiger partial charge in [0.25, 0.3) is 0 Å². The Labute approximate surface area is 218 Å². The van der Waals surface area contributed by atoms with Crippen molar-refractivity contribution in [2.45, 2.75) is 65.2 Å². The third-order valence-corrected chi connectivity index (χ3v) is 9.05. The Balaban J connectivity index is 1.27. The Morgan fingerprint density at radius 3 is 2.61 bits per heavy atom. The molecule has 36 heavy (non-hydrogen) atoms. The number of carbonyl (C=O) groups is 1. The van der Waals surface area contributed by atoms with Gasteiger partial charge in [0.15, 0.2) is 5.78 Å². The number of carbonyl (C=O) groups excluding carboxylic acids is 1. The first-order valence-corrected chi connectivity index (χ1v) is 13.8. The summed E-state index contributed by atoms with van der Waals surface area (Å²) in [5.74, 6) is 0.829. The Hall–Kier alpha value is -2.70. The van der Waals surface area contributed by atoms with Gasteiger partial charge in [-0.1, -0.05) is 38.5 Å². The van der Waals surface area contributed by atoms with Crippen molar-refractivity contribution in [2.24, 2.45) is 5.92 Å². The molecule has 0 amide bonds. The molecule has 1 fully saturated rings. The van der Waals surface area contributed by atoms with E-state index < -0.39 is 0 Å². The zero-order valence-electron chi connectivity index (χ0n) is 22.1. The zero-order valence-corrected chi connectivity index (χ0v) is 22.9. The first-order valence-electron chi connectivity index (χ1n) is 13.0. The second kappa shape index (κ2) is 9.98. The molecule has 3 heterocycles.